The number of pyridine rings is 1. The SMILES string of the molecule is Cc1ccccc1N(C(=O)OC(C)(C)C)c1nccc(-c2cccnc2)n1. The van der Waals surface area contributed by atoms with Crippen molar-refractivity contribution in [3.8, 4) is 11.3 Å². The minimum Gasteiger partial charge on any atom is -0.443 e. The molecule has 0 spiro atoms. The van der Waals surface area contributed by atoms with Crippen LogP contribution in [0.3, 0.4) is 0 Å². The standard InChI is InChI=1S/C21H22N4O2/c1-15-8-5-6-10-18(15)25(20(26)27-21(2,3)4)19-23-13-11-17(24-19)16-9-7-12-22-14-16/h5-14H,1-4H3. The molecule has 0 N–H and O–H groups in total. The summed E-state index contributed by atoms with van der Waals surface area (Å²) < 4.78 is 5.60. The summed E-state index contributed by atoms with van der Waals surface area (Å²) in [5.41, 5.74) is 2.47. The summed E-state index contributed by atoms with van der Waals surface area (Å²) in [7, 11) is 0. The highest BCUT2D eigenvalue weighted by Gasteiger charge is 2.28. The second-order valence-electron chi connectivity index (χ2n) is 7.09. The number of amides is 1. The highest BCUT2D eigenvalue weighted by molar-refractivity contribution is 5.95. The van der Waals surface area contributed by atoms with Crippen molar-refractivity contribution in [2.24, 2.45) is 0 Å². The molecule has 0 aliphatic heterocycles. The van der Waals surface area contributed by atoms with E-state index in [1.165, 1.54) is 4.90 Å². The topological polar surface area (TPSA) is 68.2 Å². The minimum atomic E-state index is -0.640. The maximum Gasteiger partial charge on any atom is 0.421 e. The number of hydrogen-bond donors (Lipinski definition) is 0. The third-order valence-electron chi connectivity index (χ3n) is 3.73. The molecule has 0 atom stereocenters. The molecule has 0 aliphatic rings. The first-order chi connectivity index (χ1) is 12.8. The molecule has 0 saturated carbocycles. The lowest BCUT2D eigenvalue weighted by molar-refractivity contribution is 0.0597. The van der Waals surface area contributed by atoms with E-state index in [0.717, 1.165) is 11.1 Å². The Morgan fingerprint density at radius 2 is 1.81 bits per heavy atom. The molecule has 2 heterocycles. The van der Waals surface area contributed by atoms with Gasteiger partial charge >= 0.3 is 6.09 Å². The van der Waals surface area contributed by atoms with Crippen molar-refractivity contribution in [3.63, 3.8) is 0 Å². The Kier molecular flexibility index (Phi) is 5.16. The fourth-order valence-corrected chi connectivity index (χ4v) is 2.54. The van der Waals surface area contributed by atoms with Crippen molar-refractivity contribution in [1.82, 2.24) is 15.0 Å². The number of hydrogen-bond acceptors (Lipinski definition) is 5. The van der Waals surface area contributed by atoms with Crippen LogP contribution < -0.4 is 4.90 Å². The molecule has 2 aromatic heterocycles. The Morgan fingerprint density at radius 1 is 1.04 bits per heavy atom. The van der Waals surface area contributed by atoms with Gasteiger partial charge in [0.25, 0.3) is 0 Å². The van der Waals surface area contributed by atoms with E-state index in [-0.39, 0.29) is 5.95 Å². The molecule has 3 aromatic rings. The van der Waals surface area contributed by atoms with Crippen molar-refractivity contribution in [3.05, 3.63) is 66.6 Å². The third-order valence-corrected chi connectivity index (χ3v) is 3.73. The molecular weight excluding hydrogens is 340 g/mol. The number of carbonyl (C=O) groups is 1. The number of para-hydroxylation sites is 1. The summed E-state index contributed by atoms with van der Waals surface area (Å²) in [6, 6.07) is 13.1. The Morgan fingerprint density at radius 3 is 2.48 bits per heavy atom. The third kappa shape index (κ3) is 4.47. The quantitative estimate of drug-likeness (QED) is 0.661. The van der Waals surface area contributed by atoms with Gasteiger partial charge in [-0.15, -0.1) is 0 Å². The molecule has 1 aromatic carbocycles. The predicted molar refractivity (Wildman–Crippen MR) is 105 cm³/mol. The van der Waals surface area contributed by atoms with Gasteiger partial charge in [-0.3, -0.25) is 4.98 Å². The van der Waals surface area contributed by atoms with E-state index in [1.54, 1.807) is 24.7 Å². The second kappa shape index (κ2) is 7.53. The zero-order valence-electron chi connectivity index (χ0n) is 15.9. The molecule has 0 aliphatic carbocycles. The fourth-order valence-electron chi connectivity index (χ4n) is 2.54. The van der Waals surface area contributed by atoms with Gasteiger partial charge in [0.2, 0.25) is 5.95 Å². The maximum atomic E-state index is 13.0. The Balaban J connectivity index is 2.08. The highest BCUT2D eigenvalue weighted by atomic mass is 16.6. The molecule has 0 radical (unpaired) electrons. The monoisotopic (exact) mass is 362 g/mol. The van der Waals surface area contributed by atoms with Gasteiger partial charge in [0.05, 0.1) is 11.4 Å². The first kappa shape index (κ1) is 18.5. The summed E-state index contributed by atoms with van der Waals surface area (Å²) in [5, 5.41) is 0. The van der Waals surface area contributed by atoms with Crippen LogP contribution in [-0.2, 0) is 4.74 Å². The zero-order valence-corrected chi connectivity index (χ0v) is 15.9. The number of rotatable bonds is 3. The number of aromatic nitrogens is 3. The van der Waals surface area contributed by atoms with Crippen molar-refractivity contribution in [2.75, 3.05) is 4.90 Å². The van der Waals surface area contributed by atoms with Crippen molar-refractivity contribution in [1.29, 1.82) is 0 Å². The first-order valence-corrected chi connectivity index (χ1v) is 8.67. The predicted octanol–water partition coefficient (Wildman–Crippen LogP) is 4.92. The van der Waals surface area contributed by atoms with Crippen LogP contribution in [0.4, 0.5) is 16.4 Å². The van der Waals surface area contributed by atoms with E-state index < -0.39 is 11.7 Å². The summed E-state index contributed by atoms with van der Waals surface area (Å²) in [6.07, 6.45) is 4.52. The second-order valence-corrected chi connectivity index (χ2v) is 7.09. The normalized spacial score (nSPS) is 11.1. The van der Waals surface area contributed by atoms with Crippen LogP contribution in [0.15, 0.2) is 61.1 Å². The van der Waals surface area contributed by atoms with Gasteiger partial charge in [-0.05, 0) is 57.5 Å². The molecule has 6 heteroatoms. The molecule has 6 nitrogen and oxygen atoms in total. The Bertz CT molecular complexity index is 936. The van der Waals surface area contributed by atoms with Crippen molar-refractivity contribution >= 4 is 17.7 Å². The van der Waals surface area contributed by atoms with Crippen LogP contribution in [0, 0.1) is 6.92 Å². The summed E-state index contributed by atoms with van der Waals surface area (Å²) in [6.45, 7) is 7.41. The molecule has 3 rings (SSSR count). The smallest absolute Gasteiger partial charge is 0.421 e. The highest BCUT2D eigenvalue weighted by Crippen LogP contribution is 2.29. The molecule has 27 heavy (non-hydrogen) atoms. The van der Waals surface area contributed by atoms with Crippen LogP contribution in [0.5, 0.6) is 0 Å². The average molecular weight is 362 g/mol. The maximum absolute atomic E-state index is 13.0. The van der Waals surface area contributed by atoms with E-state index in [1.807, 2.05) is 64.1 Å². The first-order valence-electron chi connectivity index (χ1n) is 8.67. The Hall–Kier alpha value is -3.28. The van der Waals surface area contributed by atoms with Gasteiger partial charge in [0.15, 0.2) is 0 Å². The van der Waals surface area contributed by atoms with E-state index in [4.69, 9.17) is 4.74 Å². The number of ether oxygens (including phenoxy) is 1. The molecule has 0 saturated heterocycles. The number of carbonyl (C=O) groups excluding carboxylic acids is 1. The number of nitrogens with zero attached hydrogens (tertiary/aromatic N) is 4. The van der Waals surface area contributed by atoms with Crippen LogP contribution in [0.1, 0.15) is 26.3 Å². The minimum absolute atomic E-state index is 0.250. The lowest BCUT2D eigenvalue weighted by Crippen LogP contribution is -2.35. The van der Waals surface area contributed by atoms with E-state index >= 15 is 0 Å². The fraction of sp³-hybridized carbons (Fsp3) is 0.238. The van der Waals surface area contributed by atoms with Crippen LogP contribution in [0.25, 0.3) is 11.3 Å². The molecule has 0 fully saturated rings. The van der Waals surface area contributed by atoms with Gasteiger partial charge in [0, 0.05) is 24.2 Å². The van der Waals surface area contributed by atoms with Crippen LogP contribution >= 0.6 is 0 Å². The van der Waals surface area contributed by atoms with Gasteiger partial charge in [-0.2, -0.15) is 0 Å². The van der Waals surface area contributed by atoms with E-state index in [2.05, 4.69) is 15.0 Å². The number of benzene rings is 1. The molecule has 1 amide bonds. The average Bonchev–Trinajstić information content (AvgIpc) is 2.63. The van der Waals surface area contributed by atoms with Crippen LogP contribution in [-0.4, -0.2) is 26.6 Å². The van der Waals surface area contributed by atoms with Crippen LogP contribution in [0.2, 0.25) is 0 Å². The number of anilines is 2. The summed E-state index contributed by atoms with van der Waals surface area (Å²) in [5.74, 6) is 0.250. The molecular formula is C21H22N4O2. The van der Waals surface area contributed by atoms with Crippen molar-refractivity contribution < 1.29 is 9.53 Å². The zero-order chi connectivity index (χ0) is 19.4. The van der Waals surface area contributed by atoms with Crippen molar-refractivity contribution in [2.45, 2.75) is 33.3 Å². The lowest BCUT2D eigenvalue weighted by atomic mass is 10.2. The van der Waals surface area contributed by atoms with E-state index in [9.17, 15) is 4.79 Å². The Labute approximate surface area is 158 Å². The largest absolute Gasteiger partial charge is 0.443 e. The lowest BCUT2D eigenvalue weighted by Gasteiger charge is -2.27. The van der Waals surface area contributed by atoms with Gasteiger partial charge in [-0.25, -0.2) is 19.7 Å². The van der Waals surface area contributed by atoms with Gasteiger partial charge in [0.1, 0.15) is 5.60 Å². The summed E-state index contributed by atoms with van der Waals surface area (Å²) >= 11 is 0. The van der Waals surface area contributed by atoms with Gasteiger partial charge in [-0.1, -0.05) is 18.2 Å². The number of aryl methyl sites for hydroxylation is 1. The molecule has 0 unspecified atom stereocenters. The summed E-state index contributed by atoms with van der Waals surface area (Å²) in [4.78, 5) is 27.4. The van der Waals surface area contributed by atoms with E-state index in [0.29, 0.717) is 11.4 Å². The molecule has 138 valence electrons. The molecule has 0 bridgehead atoms. The van der Waals surface area contributed by atoms with Gasteiger partial charge < -0.3 is 4.74 Å².